The molecule has 104 valence electrons. The molecular formula is C14H15BrN4O. The Labute approximate surface area is 125 Å². The normalized spacial score (nSPS) is 15.4. The van der Waals surface area contributed by atoms with Crippen LogP contribution in [0.5, 0.6) is 0 Å². The van der Waals surface area contributed by atoms with Gasteiger partial charge in [0, 0.05) is 10.4 Å². The highest BCUT2D eigenvalue weighted by Crippen LogP contribution is 2.29. The molecule has 3 rings (SSSR count). The molecule has 5 nitrogen and oxygen atoms in total. The highest BCUT2D eigenvalue weighted by atomic mass is 79.9. The van der Waals surface area contributed by atoms with Gasteiger partial charge in [-0.1, -0.05) is 28.8 Å². The Morgan fingerprint density at radius 3 is 2.85 bits per heavy atom. The van der Waals surface area contributed by atoms with E-state index in [1.807, 2.05) is 18.2 Å². The molecule has 1 amide bonds. The number of amides is 1. The molecule has 0 radical (unpaired) electrons. The Balaban J connectivity index is 1.87. The third kappa shape index (κ3) is 2.75. The van der Waals surface area contributed by atoms with Gasteiger partial charge in [-0.3, -0.25) is 4.79 Å². The summed E-state index contributed by atoms with van der Waals surface area (Å²) in [5.74, 6) is 0.236. The summed E-state index contributed by atoms with van der Waals surface area (Å²) in [6.45, 7) is 0. The number of anilines is 1. The summed E-state index contributed by atoms with van der Waals surface area (Å²) in [4.78, 5) is 16.2. The molecule has 1 heterocycles. The molecule has 1 aromatic heterocycles. The lowest BCUT2D eigenvalue weighted by molar-refractivity contribution is -0.119. The molecule has 20 heavy (non-hydrogen) atoms. The first kappa shape index (κ1) is 13.3. The minimum Gasteiger partial charge on any atom is -0.324 e. The van der Waals surface area contributed by atoms with Crippen LogP contribution in [0.2, 0.25) is 0 Å². The molecule has 0 atom stereocenters. The molecule has 0 unspecified atom stereocenters. The van der Waals surface area contributed by atoms with Crippen LogP contribution in [0, 0.1) is 5.92 Å². The maximum atomic E-state index is 12.3. The fraction of sp³-hybridized carbons (Fsp3) is 0.357. The van der Waals surface area contributed by atoms with Gasteiger partial charge in [0.15, 0.2) is 0 Å². The lowest BCUT2D eigenvalue weighted by Crippen LogP contribution is -2.21. The molecule has 0 bridgehead atoms. The minimum absolute atomic E-state index is 0.0990. The second kappa shape index (κ2) is 5.75. The molecule has 2 aromatic rings. The van der Waals surface area contributed by atoms with Gasteiger partial charge >= 0.3 is 0 Å². The van der Waals surface area contributed by atoms with E-state index in [4.69, 9.17) is 0 Å². The third-order valence-corrected chi connectivity index (χ3v) is 4.10. The summed E-state index contributed by atoms with van der Waals surface area (Å²) in [7, 11) is 0. The zero-order valence-electron chi connectivity index (χ0n) is 10.9. The van der Waals surface area contributed by atoms with Crippen molar-refractivity contribution in [1.82, 2.24) is 14.8 Å². The number of carbonyl (C=O) groups excluding carboxylic acids is 1. The predicted octanol–water partition coefficient (Wildman–Crippen LogP) is 3.16. The van der Waals surface area contributed by atoms with Crippen molar-refractivity contribution in [2.45, 2.75) is 25.7 Å². The zero-order chi connectivity index (χ0) is 13.9. The van der Waals surface area contributed by atoms with E-state index in [2.05, 4.69) is 31.3 Å². The van der Waals surface area contributed by atoms with Crippen LogP contribution in [-0.4, -0.2) is 20.7 Å². The number of hydrogen-bond donors (Lipinski definition) is 1. The largest absolute Gasteiger partial charge is 0.324 e. The number of rotatable bonds is 3. The first-order chi connectivity index (χ1) is 9.74. The lowest BCUT2D eigenvalue weighted by atomic mass is 10.1. The van der Waals surface area contributed by atoms with Gasteiger partial charge in [-0.25, -0.2) is 9.67 Å². The fourth-order valence-electron chi connectivity index (χ4n) is 2.56. The number of benzene rings is 1. The van der Waals surface area contributed by atoms with Crippen LogP contribution < -0.4 is 5.32 Å². The van der Waals surface area contributed by atoms with Gasteiger partial charge in [0.05, 0.1) is 11.4 Å². The van der Waals surface area contributed by atoms with Crippen LogP contribution in [0.1, 0.15) is 25.7 Å². The Hall–Kier alpha value is -1.69. The molecule has 1 aromatic carbocycles. The first-order valence-electron chi connectivity index (χ1n) is 6.69. The Bertz CT molecular complexity index is 606. The van der Waals surface area contributed by atoms with Crippen LogP contribution in [0.4, 0.5) is 5.69 Å². The monoisotopic (exact) mass is 334 g/mol. The zero-order valence-corrected chi connectivity index (χ0v) is 12.5. The lowest BCUT2D eigenvalue weighted by Gasteiger charge is -2.14. The van der Waals surface area contributed by atoms with Gasteiger partial charge in [0.25, 0.3) is 0 Å². The van der Waals surface area contributed by atoms with Crippen molar-refractivity contribution in [3.8, 4) is 5.69 Å². The predicted molar refractivity (Wildman–Crippen MR) is 79.6 cm³/mol. The van der Waals surface area contributed by atoms with Gasteiger partial charge in [-0.15, -0.1) is 0 Å². The van der Waals surface area contributed by atoms with E-state index < -0.39 is 0 Å². The summed E-state index contributed by atoms with van der Waals surface area (Å²) < 4.78 is 2.57. The number of carbonyl (C=O) groups is 1. The van der Waals surface area contributed by atoms with Crippen molar-refractivity contribution in [2.24, 2.45) is 5.92 Å². The number of nitrogens with zero attached hydrogens (tertiary/aromatic N) is 3. The van der Waals surface area contributed by atoms with E-state index >= 15 is 0 Å². The van der Waals surface area contributed by atoms with Gasteiger partial charge < -0.3 is 5.32 Å². The molecule has 0 saturated heterocycles. The quantitative estimate of drug-likeness (QED) is 0.937. The second-order valence-electron chi connectivity index (χ2n) is 4.97. The summed E-state index contributed by atoms with van der Waals surface area (Å²) in [5, 5.41) is 7.14. The van der Waals surface area contributed by atoms with Crippen LogP contribution in [-0.2, 0) is 4.79 Å². The van der Waals surface area contributed by atoms with Crippen molar-refractivity contribution >= 4 is 27.5 Å². The highest BCUT2D eigenvalue weighted by Gasteiger charge is 2.23. The maximum Gasteiger partial charge on any atom is 0.227 e. The van der Waals surface area contributed by atoms with Crippen LogP contribution in [0.25, 0.3) is 5.69 Å². The topological polar surface area (TPSA) is 59.8 Å². The standard InChI is InChI=1S/C14H15BrN4O/c15-11-5-6-13(19-9-16-8-17-19)12(7-11)18-14(20)10-3-1-2-4-10/h5-10H,1-4H2,(H,18,20). The highest BCUT2D eigenvalue weighted by molar-refractivity contribution is 9.10. The van der Waals surface area contributed by atoms with E-state index in [1.165, 1.54) is 6.33 Å². The SMILES string of the molecule is O=C(Nc1cc(Br)ccc1-n1cncn1)C1CCCC1. The molecule has 6 heteroatoms. The number of aromatic nitrogens is 3. The Morgan fingerprint density at radius 1 is 1.35 bits per heavy atom. The van der Waals surface area contributed by atoms with Crippen LogP contribution in [0.3, 0.4) is 0 Å². The summed E-state index contributed by atoms with van der Waals surface area (Å²) >= 11 is 3.44. The van der Waals surface area contributed by atoms with Crippen molar-refractivity contribution in [2.75, 3.05) is 5.32 Å². The second-order valence-corrected chi connectivity index (χ2v) is 5.89. The van der Waals surface area contributed by atoms with E-state index in [-0.39, 0.29) is 11.8 Å². The molecule has 1 aliphatic carbocycles. The van der Waals surface area contributed by atoms with E-state index in [0.717, 1.165) is 41.5 Å². The van der Waals surface area contributed by atoms with E-state index in [0.29, 0.717) is 0 Å². The molecule has 1 aliphatic rings. The van der Waals surface area contributed by atoms with Crippen molar-refractivity contribution < 1.29 is 4.79 Å². The van der Waals surface area contributed by atoms with Crippen molar-refractivity contribution in [3.63, 3.8) is 0 Å². The fourth-order valence-corrected chi connectivity index (χ4v) is 2.92. The van der Waals surface area contributed by atoms with E-state index in [1.54, 1.807) is 11.0 Å². The molecule has 1 fully saturated rings. The van der Waals surface area contributed by atoms with E-state index in [9.17, 15) is 4.79 Å². The van der Waals surface area contributed by atoms with Crippen molar-refractivity contribution in [3.05, 3.63) is 35.3 Å². The maximum absolute atomic E-state index is 12.3. The minimum atomic E-state index is 0.0990. The summed E-state index contributed by atoms with van der Waals surface area (Å²) in [6.07, 6.45) is 7.36. The average molecular weight is 335 g/mol. The molecule has 1 saturated carbocycles. The summed E-state index contributed by atoms with van der Waals surface area (Å²) in [6, 6.07) is 5.72. The molecular weight excluding hydrogens is 320 g/mol. The summed E-state index contributed by atoms with van der Waals surface area (Å²) in [5.41, 5.74) is 1.57. The van der Waals surface area contributed by atoms with Gasteiger partial charge in [-0.2, -0.15) is 5.10 Å². The number of hydrogen-bond acceptors (Lipinski definition) is 3. The Morgan fingerprint density at radius 2 is 2.15 bits per heavy atom. The smallest absolute Gasteiger partial charge is 0.227 e. The van der Waals surface area contributed by atoms with Gasteiger partial charge in [0.2, 0.25) is 5.91 Å². The van der Waals surface area contributed by atoms with Gasteiger partial charge in [-0.05, 0) is 31.0 Å². The number of nitrogens with one attached hydrogen (secondary N) is 1. The molecule has 1 N–H and O–H groups in total. The van der Waals surface area contributed by atoms with Gasteiger partial charge in [0.1, 0.15) is 12.7 Å². The third-order valence-electron chi connectivity index (χ3n) is 3.61. The molecule has 0 spiro atoms. The first-order valence-corrected chi connectivity index (χ1v) is 7.49. The van der Waals surface area contributed by atoms with Crippen LogP contribution in [0.15, 0.2) is 35.3 Å². The van der Waals surface area contributed by atoms with Crippen molar-refractivity contribution in [1.29, 1.82) is 0 Å². The molecule has 0 aliphatic heterocycles. The van der Waals surface area contributed by atoms with Crippen LogP contribution >= 0.6 is 15.9 Å². The number of halogens is 1. The Kier molecular flexibility index (Phi) is 3.82. The average Bonchev–Trinajstić information content (AvgIpc) is 3.12.